The number of pyridine rings is 1. The molecule has 1 heterocycles. The van der Waals surface area contributed by atoms with Crippen LogP contribution in [0.4, 0.5) is 0 Å². The van der Waals surface area contributed by atoms with E-state index in [0.717, 1.165) is 10.2 Å². The van der Waals surface area contributed by atoms with Gasteiger partial charge in [-0.2, -0.15) is 0 Å². The Kier molecular flexibility index (Phi) is 12.3. The molecular formula is C19H20B19BrN. The molecule has 1 aromatic heterocycles. The molecule has 0 aliphatic heterocycles. The van der Waals surface area contributed by atoms with Crippen molar-refractivity contribution in [2.24, 2.45) is 0 Å². The monoisotopic (exact) mass is 550 g/mol. The second-order valence-corrected chi connectivity index (χ2v) is 13.0. The predicted molar refractivity (Wildman–Crippen MR) is 200 cm³/mol. The van der Waals surface area contributed by atoms with Gasteiger partial charge in [-0.25, -0.2) is 0 Å². The third-order valence-electron chi connectivity index (χ3n) is 9.13. The molecule has 0 saturated heterocycles. The van der Waals surface area contributed by atoms with Gasteiger partial charge in [-0.15, -0.1) is 0 Å². The topological polar surface area (TPSA) is 12.9 Å². The molecular weight excluding hydrogens is 528 g/mol. The molecule has 165 valence electrons. The summed E-state index contributed by atoms with van der Waals surface area (Å²) >= 11 is 3.46. The lowest BCUT2D eigenvalue weighted by Crippen LogP contribution is -2.79. The zero-order valence-corrected chi connectivity index (χ0v) is 25.2. The Morgan fingerprint density at radius 3 is 1.57 bits per heavy atom. The standard InChI is InChI=1S/C19H20BrN.B19/c1-18-7-9-19(2,10-8-18)16-11-13(3-5-15(16)18)17-6-4-14(20)12-21-17;1-11-16(10)19(17(12(2)3)13(4)5)18(14(6)7)15(8)9/h3-6,11-12H,7-10H2,1-2H3;. The molecule has 1 fully saturated rings. The van der Waals surface area contributed by atoms with Gasteiger partial charge in [0, 0.05) is 152 Å². The average molecular weight is 548 g/mol. The fraction of sp³-hybridized carbons (Fsp3) is 0.421. The summed E-state index contributed by atoms with van der Waals surface area (Å²) in [7, 11) is 58.4. The van der Waals surface area contributed by atoms with Gasteiger partial charge in [0.2, 0.25) is 0 Å². The molecule has 1 saturated carbocycles. The molecule has 21 radical (unpaired) electrons. The highest BCUT2D eigenvalue weighted by Gasteiger charge is 2.47. The molecule has 2 bridgehead atoms. The molecule has 5 rings (SSSR count). The molecule has 0 spiro atoms. The van der Waals surface area contributed by atoms with Gasteiger partial charge in [-0.1, -0.05) is 26.0 Å². The minimum atomic E-state index is -0.837. The molecule has 1 nitrogen and oxygen atoms in total. The largest absolute Gasteiger partial charge is 0.255 e. The summed E-state index contributed by atoms with van der Waals surface area (Å²) in [5.41, 5.74) is 6.25. The predicted octanol–water partition coefficient (Wildman–Crippen LogP) is -1.62. The molecule has 0 atom stereocenters. The van der Waals surface area contributed by atoms with E-state index in [1.54, 1.807) is 11.1 Å². The fourth-order valence-corrected chi connectivity index (χ4v) is 6.84. The van der Waals surface area contributed by atoms with Crippen LogP contribution in [0.2, 0.25) is 0 Å². The molecule has 40 heavy (non-hydrogen) atoms. The van der Waals surface area contributed by atoms with Crippen LogP contribution in [0.5, 0.6) is 0 Å². The number of benzene rings is 1. The number of rotatable bonds is 9. The number of nitrogens with zero attached hydrogens (tertiary/aromatic N) is 1. The van der Waals surface area contributed by atoms with E-state index >= 15 is 0 Å². The highest BCUT2D eigenvalue weighted by Crippen LogP contribution is 2.56. The van der Waals surface area contributed by atoms with Gasteiger partial charge in [0.25, 0.3) is 0 Å². The van der Waals surface area contributed by atoms with Gasteiger partial charge in [-0.05, 0) is 81.8 Å². The maximum absolute atomic E-state index is 5.95. The van der Waals surface area contributed by atoms with E-state index in [4.69, 9.17) is 77.4 Å². The summed E-state index contributed by atoms with van der Waals surface area (Å²) in [6.07, 6.45) is 1.49. The first kappa shape index (κ1) is 34.6. The van der Waals surface area contributed by atoms with Crippen LogP contribution in [0.25, 0.3) is 11.3 Å². The Labute approximate surface area is 268 Å². The van der Waals surface area contributed by atoms with E-state index < -0.39 is 51.1 Å². The molecule has 21 heteroatoms. The van der Waals surface area contributed by atoms with Crippen molar-refractivity contribution in [2.75, 3.05) is 0 Å². The minimum Gasteiger partial charge on any atom is -0.255 e. The van der Waals surface area contributed by atoms with Crippen molar-refractivity contribution in [1.29, 1.82) is 0 Å². The zero-order chi connectivity index (χ0) is 30.0. The smallest absolute Gasteiger partial charge is 0.0702 e. The third-order valence-corrected chi connectivity index (χ3v) is 9.60. The van der Waals surface area contributed by atoms with E-state index in [2.05, 4.69) is 65.1 Å². The van der Waals surface area contributed by atoms with Crippen LogP contribution in [0.1, 0.15) is 50.7 Å². The normalized spacial score (nSPS) is 20.2. The molecule has 3 aliphatic rings. The summed E-state index contributed by atoms with van der Waals surface area (Å²) in [6.45, 7) is 4.89. The SMILES string of the molecule is CC12CCC(C)(CC1)c1cc(-c3ccc(Br)cn3)ccc12.[B][B]B([B])B(B(B([B])[B])B([B])[B])B(B([B])[B])B([B])[B]. The molecule has 0 unspecified atom stereocenters. The van der Waals surface area contributed by atoms with Crippen molar-refractivity contribution in [3.63, 3.8) is 0 Å². The molecule has 3 aliphatic carbocycles. The van der Waals surface area contributed by atoms with Crippen LogP contribution in [0, 0.1) is 0 Å². The van der Waals surface area contributed by atoms with E-state index in [0.29, 0.717) is 10.8 Å². The Morgan fingerprint density at radius 2 is 1.18 bits per heavy atom. The third kappa shape index (κ3) is 7.59. The van der Waals surface area contributed by atoms with Crippen LogP contribution >= 0.6 is 15.9 Å². The maximum Gasteiger partial charge on any atom is 0.0702 e. The summed E-state index contributed by atoms with van der Waals surface area (Å²) in [5, 5.41) is 0. The van der Waals surface area contributed by atoms with Crippen LogP contribution in [0.3, 0.4) is 0 Å². The second-order valence-electron chi connectivity index (χ2n) is 12.1. The van der Waals surface area contributed by atoms with E-state index in [1.807, 2.05) is 6.20 Å². The zero-order valence-electron chi connectivity index (χ0n) is 23.6. The highest BCUT2D eigenvalue weighted by atomic mass is 79.9. The minimum absolute atomic E-state index is 0.373. The second kappa shape index (κ2) is 14.2. The van der Waals surface area contributed by atoms with Gasteiger partial charge in [0.15, 0.2) is 0 Å². The van der Waals surface area contributed by atoms with Crippen LogP contribution in [0.15, 0.2) is 41.0 Å². The van der Waals surface area contributed by atoms with E-state index in [-0.39, 0.29) is 0 Å². The lowest BCUT2D eigenvalue weighted by Gasteiger charge is -2.52. The van der Waals surface area contributed by atoms with Gasteiger partial charge in [0.05, 0.1) is 5.69 Å². The van der Waals surface area contributed by atoms with Crippen LogP contribution in [-0.2, 0) is 10.8 Å². The van der Waals surface area contributed by atoms with E-state index in [1.165, 1.54) is 38.3 Å². The van der Waals surface area contributed by atoms with Gasteiger partial charge in [-0.3, -0.25) is 4.98 Å². The Balaban J connectivity index is 0.000000223. The lowest BCUT2D eigenvalue weighted by atomic mass is 8.40. The Hall–Kier alpha value is 0.0838. The number of aromatic nitrogens is 1. The lowest BCUT2D eigenvalue weighted by molar-refractivity contribution is 0.188. The number of hydrogen-bond acceptors (Lipinski definition) is 1. The number of hydrogen-bond donors (Lipinski definition) is 0. The first-order valence-corrected chi connectivity index (χ1v) is 14.6. The van der Waals surface area contributed by atoms with Crippen molar-refractivity contribution in [3.05, 3.63) is 52.1 Å². The summed E-state index contributed by atoms with van der Waals surface area (Å²) in [5.74, 6) is 0. The van der Waals surface area contributed by atoms with Gasteiger partial charge in [0.1, 0.15) is 0 Å². The Morgan fingerprint density at radius 1 is 0.700 bits per heavy atom. The quantitative estimate of drug-likeness (QED) is 0.344. The van der Waals surface area contributed by atoms with Crippen LogP contribution in [-0.4, -0.2) is 140 Å². The van der Waals surface area contributed by atoms with Crippen molar-refractivity contribution < 1.29 is 0 Å². The highest BCUT2D eigenvalue weighted by molar-refractivity contribution is 9.10. The average Bonchev–Trinajstić information content (AvgIpc) is 2.89. The maximum atomic E-state index is 5.95. The fourth-order valence-electron chi connectivity index (χ4n) is 6.61. The van der Waals surface area contributed by atoms with Crippen molar-refractivity contribution in [2.45, 2.75) is 50.4 Å². The number of fused-ring (bicyclic) bond motifs is 2. The summed E-state index contributed by atoms with van der Waals surface area (Å²) in [6, 6.07) is 11.2. The van der Waals surface area contributed by atoms with Crippen molar-refractivity contribution in [3.8, 4) is 11.3 Å². The molecule has 2 aromatic rings. The number of halogens is 1. The molecule has 0 N–H and O–H groups in total. The van der Waals surface area contributed by atoms with Gasteiger partial charge < -0.3 is 0 Å². The van der Waals surface area contributed by atoms with Crippen molar-refractivity contribution >= 4 is 151 Å². The summed E-state index contributed by atoms with van der Waals surface area (Å²) < 4.78 is 1.03. The first-order chi connectivity index (χ1) is 18.6. The van der Waals surface area contributed by atoms with E-state index in [9.17, 15) is 0 Å². The summed E-state index contributed by atoms with van der Waals surface area (Å²) in [4.78, 5) is 4.55. The Bertz CT molecular complexity index is 1070. The van der Waals surface area contributed by atoms with Crippen molar-refractivity contribution in [1.82, 2.24) is 4.98 Å². The first-order valence-electron chi connectivity index (χ1n) is 13.8. The molecule has 0 amide bonds. The van der Waals surface area contributed by atoms with Gasteiger partial charge >= 0.3 is 0 Å². The molecule has 1 aromatic carbocycles. The van der Waals surface area contributed by atoms with Crippen LogP contribution < -0.4 is 0 Å².